The van der Waals surface area contributed by atoms with E-state index in [0.717, 1.165) is 29.2 Å². The van der Waals surface area contributed by atoms with E-state index in [9.17, 15) is 4.79 Å². The van der Waals surface area contributed by atoms with Gasteiger partial charge in [0.15, 0.2) is 0 Å². The molecule has 1 fully saturated rings. The highest BCUT2D eigenvalue weighted by molar-refractivity contribution is 5.71. The smallest absolute Gasteiger partial charge is 0.307 e. The third kappa shape index (κ3) is 3.75. The molecule has 0 unspecified atom stereocenters. The Morgan fingerprint density at radius 1 is 1.14 bits per heavy atom. The zero-order valence-electron chi connectivity index (χ0n) is 12.7. The normalized spacial score (nSPS) is 15.8. The lowest BCUT2D eigenvalue weighted by Gasteiger charge is -2.21. The molecule has 1 N–H and O–H groups in total. The molecule has 0 saturated heterocycles. The van der Waals surface area contributed by atoms with E-state index in [1.54, 1.807) is 0 Å². The molecular weight excluding hydrogens is 276 g/mol. The van der Waals surface area contributed by atoms with Crippen molar-refractivity contribution in [3.63, 3.8) is 0 Å². The molecule has 0 atom stereocenters. The van der Waals surface area contributed by atoms with Gasteiger partial charge < -0.3 is 5.11 Å². The Labute approximate surface area is 130 Å². The summed E-state index contributed by atoms with van der Waals surface area (Å²) in [4.78, 5) is 10.7. The molecule has 0 aliphatic heterocycles. The van der Waals surface area contributed by atoms with Gasteiger partial charge in [0.1, 0.15) is 0 Å². The highest BCUT2D eigenvalue weighted by atomic mass is 16.4. The Balaban J connectivity index is 1.66. The van der Waals surface area contributed by atoms with Gasteiger partial charge in [0.05, 0.1) is 12.6 Å². The Hall–Kier alpha value is -2.10. The number of nitrogens with zero attached hydrogens (tertiary/aromatic N) is 2. The van der Waals surface area contributed by atoms with Crippen LogP contribution in [0.25, 0.3) is 11.1 Å². The molecule has 4 heteroatoms. The van der Waals surface area contributed by atoms with Gasteiger partial charge in [-0.25, -0.2) is 0 Å². The van der Waals surface area contributed by atoms with Crippen molar-refractivity contribution in [3.8, 4) is 11.1 Å². The third-order valence-electron chi connectivity index (χ3n) is 4.45. The first-order chi connectivity index (χ1) is 10.7. The van der Waals surface area contributed by atoms with E-state index in [0.29, 0.717) is 0 Å². The maximum absolute atomic E-state index is 10.7. The SMILES string of the molecule is O=C(O)Cc1ccc(-c2cnn(CC3CCCCC3)c2)cc1. The Bertz CT molecular complexity index is 625. The van der Waals surface area contributed by atoms with Crippen LogP contribution in [0.1, 0.15) is 37.7 Å². The van der Waals surface area contributed by atoms with Crippen molar-refractivity contribution in [2.24, 2.45) is 5.92 Å². The summed E-state index contributed by atoms with van der Waals surface area (Å²) in [6.45, 7) is 1.01. The second-order valence-corrected chi connectivity index (χ2v) is 6.22. The Morgan fingerprint density at radius 3 is 2.55 bits per heavy atom. The van der Waals surface area contributed by atoms with Crippen molar-refractivity contribution in [2.45, 2.75) is 45.1 Å². The van der Waals surface area contributed by atoms with E-state index >= 15 is 0 Å². The van der Waals surface area contributed by atoms with Crippen LogP contribution < -0.4 is 0 Å². The molecule has 0 spiro atoms. The van der Waals surface area contributed by atoms with Crippen molar-refractivity contribution in [1.82, 2.24) is 9.78 Å². The minimum absolute atomic E-state index is 0.0707. The monoisotopic (exact) mass is 298 g/mol. The van der Waals surface area contributed by atoms with Crippen molar-refractivity contribution in [2.75, 3.05) is 0 Å². The van der Waals surface area contributed by atoms with Crippen LogP contribution in [-0.2, 0) is 17.8 Å². The lowest BCUT2D eigenvalue weighted by atomic mass is 9.89. The molecule has 116 valence electrons. The Kier molecular flexibility index (Phi) is 4.56. The van der Waals surface area contributed by atoms with E-state index < -0.39 is 5.97 Å². The van der Waals surface area contributed by atoms with E-state index in [2.05, 4.69) is 16.0 Å². The van der Waals surface area contributed by atoms with Gasteiger partial charge >= 0.3 is 5.97 Å². The van der Waals surface area contributed by atoms with Gasteiger partial charge in [-0.05, 0) is 29.9 Å². The summed E-state index contributed by atoms with van der Waals surface area (Å²) in [7, 11) is 0. The van der Waals surface area contributed by atoms with Crippen LogP contribution in [0.3, 0.4) is 0 Å². The number of rotatable bonds is 5. The second-order valence-electron chi connectivity index (χ2n) is 6.22. The fourth-order valence-corrected chi connectivity index (χ4v) is 3.24. The van der Waals surface area contributed by atoms with Crippen LogP contribution in [0, 0.1) is 5.92 Å². The molecular formula is C18H22N2O2. The van der Waals surface area contributed by atoms with E-state index in [1.807, 2.05) is 30.5 Å². The predicted molar refractivity (Wildman–Crippen MR) is 85.6 cm³/mol. The molecule has 4 nitrogen and oxygen atoms in total. The van der Waals surface area contributed by atoms with Crippen LogP contribution in [0.15, 0.2) is 36.7 Å². The lowest BCUT2D eigenvalue weighted by molar-refractivity contribution is -0.136. The number of benzene rings is 1. The molecule has 1 aliphatic rings. The first-order valence-corrected chi connectivity index (χ1v) is 8.04. The minimum atomic E-state index is -0.798. The summed E-state index contributed by atoms with van der Waals surface area (Å²) in [5.74, 6) is -0.0347. The van der Waals surface area contributed by atoms with Gasteiger partial charge in [-0.3, -0.25) is 9.48 Å². The van der Waals surface area contributed by atoms with Gasteiger partial charge in [-0.1, -0.05) is 43.5 Å². The van der Waals surface area contributed by atoms with Crippen molar-refractivity contribution in [3.05, 3.63) is 42.2 Å². The molecule has 3 rings (SSSR count). The number of carboxylic acids is 1. The zero-order chi connectivity index (χ0) is 15.4. The third-order valence-corrected chi connectivity index (χ3v) is 4.45. The summed E-state index contributed by atoms with van der Waals surface area (Å²) < 4.78 is 2.05. The molecule has 0 amide bonds. The molecule has 1 aliphatic carbocycles. The average molecular weight is 298 g/mol. The first-order valence-electron chi connectivity index (χ1n) is 8.04. The van der Waals surface area contributed by atoms with Crippen LogP contribution >= 0.6 is 0 Å². The molecule has 0 radical (unpaired) electrons. The molecule has 1 aromatic heterocycles. The van der Waals surface area contributed by atoms with Crippen LogP contribution in [0.2, 0.25) is 0 Å². The second kappa shape index (κ2) is 6.77. The number of carboxylic acid groups (broad SMARTS) is 1. The van der Waals surface area contributed by atoms with E-state index in [1.165, 1.54) is 32.1 Å². The van der Waals surface area contributed by atoms with Gasteiger partial charge in [0.25, 0.3) is 0 Å². The minimum Gasteiger partial charge on any atom is -0.481 e. The van der Waals surface area contributed by atoms with E-state index in [-0.39, 0.29) is 6.42 Å². The summed E-state index contributed by atoms with van der Waals surface area (Å²) in [5.41, 5.74) is 3.01. The lowest BCUT2D eigenvalue weighted by Crippen LogP contribution is -2.14. The van der Waals surface area contributed by atoms with Gasteiger partial charge in [-0.15, -0.1) is 0 Å². The van der Waals surface area contributed by atoms with Crippen molar-refractivity contribution in [1.29, 1.82) is 0 Å². The topological polar surface area (TPSA) is 55.1 Å². The highest BCUT2D eigenvalue weighted by Crippen LogP contribution is 2.26. The number of hydrogen-bond donors (Lipinski definition) is 1. The average Bonchev–Trinajstić information content (AvgIpc) is 2.97. The fraction of sp³-hybridized carbons (Fsp3) is 0.444. The maximum atomic E-state index is 10.7. The van der Waals surface area contributed by atoms with Gasteiger partial charge in [0, 0.05) is 18.3 Å². The van der Waals surface area contributed by atoms with E-state index in [4.69, 9.17) is 5.11 Å². The zero-order valence-corrected chi connectivity index (χ0v) is 12.7. The highest BCUT2D eigenvalue weighted by Gasteiger charge is 2.14. The first kappa shape index (κ1) is 14.8. The molecule has 1 aromatic carbocycles. The standard InChI is InChI=1S/C18H22N2O2/c21-18(22)10-14-6-8-16(9-7-14)17-11-19-20(13-17)12-15-4-2-1-3-5-15/h6-9,11,13,15H,1-5,10,12H2,(H,21,22). The quantitative estimate of drug-likeness (QED) is 0.914. The molecule has 1 saturated carbocycles. The van der Waals surface area contributed by atoms with Crippen molar-refractivity contribution >= 4 is 5.97 Å². The van der Waals surface area contributed by atoms with Gasteiger partial charge in [0.2, 0.25) is 0 Å². The van der Waals surface area contributed by atoms with Crippen molar-refractivity contribution < 1.29 is 9.90 Å². The predicted octanol–water partition coefficient (Wildman–Crippen LogP) is 3.76. The van der Waals surface area contributed by atoms with Crippen LogP contribution in [-0.4, -0.2) is 20.9 Å². The Morgan fingerprint density at radius 2 is 1.86 bits per heavy atom. The number of aliphatic carboxylic acids is 1. The summed E-state index contributed by atoms with van der Waals surface area (Å²) in [6.07, 6.45) is 10.8. The van der Waals surface area contributed by atoms with Crippen LogP contribution in [0.4, 0.5) is 0 Å². The van der Waals surface area contributed by atoms with Gasteiger partial charge in [-0.2, -0.15) is 5.10 Å². The summed E-state index contributed by atoms with van der Waals surface area (Å²) >= 11 is 0. The number of hydrogen-bond acceptors (Lipinski definition) is 2. The fourth-order valence-electron chi connectivity index (χ4n) is 3.24. The number of aromatic nitrogens is 2. The molecule has 1 heterocycles. The number of carbonyl (C=O) groups is 1. The molecule has 2 aromatic rings. The molecule has 0 bridgehead atoms. The molecule has 22 heavy (non-hydrogen) atoms. The summed E-state index contributed by atoms with van der Waals surface area (Å²) in [6, 6.07) is 7.70. The van der Waals surface area contributed by atoms with Crippen LogP contribution in [0.5, 0.6) is 0 Å². The largest absolute Gasteiger partial charge is 0.481 e. The maximum Gasteiger partial charge on any atom is 0.307 e. The summed E-state index contributed by atoms with van der Waals surface area (Å²) in [5, 5.41) is 13.3.